The van der Waals surface area contributed by atoms with Crippen LogP contribution in [0.2, 0.25) is 30.1 Å². The third-order valence-corrected chi connectivity index (χ3v) is 15.2. The SMILES string of the molecule is Cc1cc([O][Ti]([CH3])([CH3])([SiH3])[C]2=CC=CC2)cc([Si](C)(C)C)c1.Cl.Cl. The molecule has 0 spiro atoms. The van der Waals surface area contributed by atoms with Crippen molar-refractivity contribution >= 4 is 46.2 Å². The second kappa shape index (κ2) is 7.63. The Hall–Kier alpha value is 0.228. The Labute approximate surface area is 158 Å². The van der Waals surface area contributed by atoms with Crippen LogP contribution >= 0.6 is 24.8 Å². The molecule has 2 rings (SSSR count). The minimum Gasteiger partial charge on any atom is -0.147 e. The molecule has 23 heavy (non-hydrogen) atoms. The van der Waals surface area contributed by atoms with Crippen molar-refractivity contribution < 1.29 is 18.3 Å². The van der Waals surface area contributed by atoms with Crippen LogP contribution in [0.1, 0.15) is 12.0 Å². The van der Waals surface area contributed by atoms with Crippen LogP contribution in [0.3, 0.4) is 0 Å². The molecule has 0 fully saturated rings. The van der Waals surface area contributed by atoms with Gasteiger partial charge in [0.15, 0.2) is 0 Å². The Bertz CT molecular complexity index is 626. The molecule has 0 aliphatic heterocycles. The van der Waals surface area contributed by atoms with Crippen molar-refractivity contribution in [1.82, 2.24) is 0 Å². The molecule has 0 bridgehead atoms. The molecule has 1 aromatic rings. The summed E-state index contributed by atoms with van der Waals surface area (Å²) in [5.74, 6) is 1.11. The summed E-state index contributed by atoms with van der Waals surface area (Å²) < 4.78 is 8.34. The molecule has 1 aromatic carbocycles. The largest absolute Gasteiger partial charge is 0.147 e. The zero-order valence-corrected chi connectivity index (χ0v) is 21.6. The molecule has 0 unspecified atom stereocenters. The summed E-state index contributed by atoms with van der Waals surface area (Å²) in [5, 5.41) is 6.36. The van der Waals surface area contributed by atoms with Gasteiger partial charge in [-0.05, 0) is 0 Å². The number of benzene rings is 1. The van der Waals surface area contributed by atoms with Crippen LogP contribution in [0.4, 0.5) is 0 Å². The predicted octanol–water partition coefficient (Wildman–Crippen LogP) is 4.59. The van der Waals surface area contributed by atoms with Crippen LogP contribution in [-0.4, -0.2) is 16.2 Å². The summed E-state index contributed by atoms with van der Waals surface area (Å²) in [6, 6.07) is 6.88. The fourth-order valence-electron chi connectivity index (χ4n) is 2.80. The van der Waals surface area contributed by atoms with Crippen LogP contribution in [0.15, 0.2) is 40.3 Å². The van der Waals surface area contributed by atoms with Crippen molar-refractivity contribution in [2.24, 2.45) is 0 Å². The Morgan fingerprint density at radius 2 is 1.70 bits per heavy atom. The number of hydrogen-bond donors (Lipinski definition) is 0. The summed E-state index contributed by atoms with van der Waals surface area (Å²) in [6.07, 6.45) is 7.85. The van der Waals surface area contributed by atoms with Crippen molar-refractivity contribution in [3.05, 3.63) is 45.9 Å². The molecule has 0 N–H and O–H groups in total. The fraction of sp³-hybridized carbons (Fsp3) is 0.412. The zero-order valence-electron chi connectivity index (χ0n) is 15.4. The van der Waals surface area contributed by atoms with E-state index in [1.807, 2.05) is 0 Å². The smallest absolute Gasteiger partial charge is 0.147 e. The second-order valence-corrected chi connectivity index (χ2v) is 36.3. The van der Waals surface area contributed by atoms with Crippen LogP contribution in [0.5, 0.6) is 5.75 Å². The number of aryl methyl sites for hydroxylation is 1. The average Bonchev–Trinajstić information content (AvgIpc) is 2.79. The molecule has 1 nitrogen and oxygen atoms in total. The number of allylic oxidation sites excluding steroid dienone is 4. The first-order chi connectivity index (χ1) is 9.46. The molecule has 1 aliphatic carbocycles. The summed E-state index contributed by atoms with van der Waals surface area (Å²) in [4.78, 5) is 0. The van der Waals surface area contributed by atoms with E-state index in [-0.39, 0.29) is 24.8 Å². The van der Waals surface area contributed by atoms with Gasteiger partial charge in [0.1, 0.15) is 0 Å². The minimum absolute atomic E-state index is 0. The second-order valence-electron chi connectivity index (χ2n) is 8.68. The maximum Gasteiger partial charge on any atom is -0.147 e. The topological polar surface area (TPSA) is 9.23 Å². The van der Waals surface area contributed by atoms with Gasteiger partial charge in [-0.15, -0.1) is 24.8 Å². The molecular formula is C17H31Cl2OSi2Ti. The Kier molecular flexibility index (Phi) is 7.71. The molecule has 0 atom stereocenters. The normalized spacial score (nSPS) is 15.9. The summed E-state index contributed by atoms with van der Waals surface area (Å²) >= 11 is -2.89. The van der Waals surface area contributed by atoms with Gasteiger partial charge in [-0.1, -0.05) is 0 Å². The first-order valence-corrected chi connectivity index (χ1v) is 21.6. The van der Waals surface area contributed by atoms with Gasteiger partial charge in [-0.3, -0.25) is 0 Å². The van der Waals surface area contributed by atoms with E-state index in [0.29, 0.717) is 0 Å². The standard InChI is InChI=1S/C10H16OSi.C5H5.2CH3.2ClH.H3Si.Ti/c1-8-5-9(11)7-10(6-8)12(2,3)4;1-2-4-5-3-1;;;;;;/h5-7,11H,1-4H3;1-3H,4H2;2*1H3;2*1H;1H3;/q;;;;;;;+1/p-1. The first kappa shape index (κ1) is 23.2. The molecule has 131 valence electrons. The number of halogens is 2. The van der Waals surface area contributed by atoms with Crippen molar-refractivity contribution in [3.8, 4) is 5.75 Å². The van der Waals surface area contributed by atoms with E-state index in [1.54, 1.807) is 3.88 Å². The van der Waals surface area contributed by atoms with Gasteiger partial charge in [-0.2, -0.15) is 0 Å². The fourth-order valence-corrected chi connectivity index (χ4v) is 10.5. The molecule has 0 amide bonds. The molecular weight excluding hydrogens is 395 g/mol. The predicted molar refractivity (Wildman–Crippen MR) is 113 cm³/mol. The maximum atomic E-state index is 6.76. The van der Waals surface area contributed by atoms with Crippen molar-refractivity contribution in [3.63, 3.8) is 0 Å². The van der Waals surface area contributed by atoms with Crippen LogP contribution in [-0.2, 0) is 14.9 Å². The van der Waals surface area contributed by atoms with Crippen molar-refractivity contribution in [2.75, 3.05) is 0 Å². The van der Waals surface area contributed by atoms with Crippen molar-refractivity contribution in [2.45, 2.75) is 43.4 Å². The Morgan fingerprint density at radius 1 is 1.09 bits per heavy atom. The molecule has 0 saturated carbocycles. The molecule has 6 heteroatoms. The third-order valence-electron chi connectivity index (χ3n) is 4.26. The van der Waals surface area contributed by atoms with E-state index < -0.39 is 23.0 Å². The average molecular weight is 426 g/mol. The Morgan fingerprint density at radius 3 is 2.17 bits per heavy atom. The van der Waals surface area contributed by atoms with Crippen LogP contribution in [0.25, 0.3) is 0 Å². The van der Waals surface area contributed by atoms with Crippen molar-refractivity contribution in [1.29, 1.82) is 0 Å². The minimum atomic E-state index is -2.89. The van der Waals surface area contributed by atoms with E-state index in [4.69, 9.17) is 3.32 Å². The molecule has 0 aromatic heterocycles. The van der Waals surface area contributed by atoms with Crippen LogP contribution in [0, 0.1) is 6.92 Å². The van der Waals surface area contributed by atoms with Gasteiger partial charge in [0.2, 0.25) is 0 Å². The van der Waals surface area contributed by atoms with Gasteiger partial charge in [0, 0.05) is 0 Å². The molecule has 0 radical (unpaired) electrons. The van der Waals surface area contributed by atoms with E-state index in [1.165, 1.54) is 10.8 Å². The van der Waals surface area contributed by atoms with Gasteiger partial charge in [-0.25, -0.2) is 0 Å². The molecule has 0 heterocycles. The summed E-state index contributed by atoms with van der Waals surface area (Å²) in [5.41, 5.74) is 1.33. The number of rotatable bonds is 4. The van der Waals surface area contributed by atoms with Gasteiger partial charge in [0.05, 0.1) is 0 Å². The molecule has 1 aliphatic rings. The monoisotopic (exact) mass is 425 g/mol. The maximum absolute atomic E-state index is 6.76. The van der Waals surface area contributed by atoms with Gasteiger partial charge < -0.3 is 0 Å². The van der Waals surface area contributed by atoms with Crippen LogP contribution < -0.4 is 8.51 Å². The number of hydrogen-bond acceptors (Lipinski definition) is 1. The summed E-state index contributed by atoms with van der Waals surface area (Å²) in [6.45, 7) is 9.39. The third kappa shape index (κ3) is 5.91. The Balaban J connectivity index is 0.00000242. The van der Waals surface area contributed by atoms with E-state index in [0.717, 1.165) is 20.3 Å². The van der Waals surface area contributed by atoms with E-state index >= 15 is 0 Å². The quantitative estimate of drug-likeness (QED) is 0.641. The molecule has 0 saturated heterocycles. The summed E-state index contributed by atoms with van der Waals surface area (Å²) in [7, 11) is -0.159. The van der Waals surface area contributed by atoms with Gasteiger partial charge in [0.25, 0.3) is 0 Å². The van der Waals surface area contributed by atoms with E-state index in [9.17, 15) is 0 Å². The van der Waals surface area contributed by atoms with Gasteiger partial charge >= 0.3 is 135 Å². The van der Waals surface area contributed by atoms with E-state index in [2.05, 4.69) is 73.4 Å². The first-order valence-electron chi connectivity index (χ1n) is 7.86. The zero-order chi connectivity index (χ0) is 15.9.